The van der Waals surface area contributed by atoms with Crippen LogP contribution in [0.3, 0.4) is 0 Å². The highest BCUT2D eigenvalue weighted by Gasteiger charge is 2.19. The Bertz CT molecular complexity index is 505. The number of hydrogen-bond acceptors (Lipinski definition) is 5. The maximum Gasteiger partial charge on any atom is 0.337 e. The summed E-state index contributed by atoms with van der Waals surface area (Å²) in [7, 11) is 1.36. The van der Waals surface area contributed by atoms with Crippen molar-refractivity contribution in [2.45, 2.75) is 45.6 Å². The van der Waals surface area contributed by atoms with E-state index in [0.29, 0.717) is 18.7 Å². The van der Waals surface area contributed by atoms with Crippen molar-refractivity contribution >= 4 is 12.3 Å². The fourth-order valence-corrected chi connectivity index (χ4v) is 2.37. The minimum absolute atomic E-state index is 0.0127. The van der Waals surface area contributed by atoms with Gasteiger partial charge in [-0.25, -0.2) is 4.79 Å². The van der Waals surface area contributed by atoms with Crippen LogP contribution in [-0.2, 0) is 9.53 Å². The van der Waals surface area contributed by atoms with Gasteiger partial charge in [0.15, 0.2) is 0 Å². The Kier molecular flexibility index (Phi) is 8.47. The Morgan fingerprint density at radius 2 is 1.79 bits per heavy atom. The molecular formula is C19H29NO4. The van der Waals surface area contributed by atoms with Gasteiger partial charge in [-0.3, -0.25) is 4.90 Å². The molecule has 0 aliphatic rings. The van der Waals surface area contributed by atoms with Gasteiger partial charge in [0.25, 0.3) is 0 Å². The molecule has 0 fully saturated rings. The van der Waals surface area contributed by atoms with Crippen LogP contribution in [0.5, 0.6) is 5.75 Å². The summed E-state index contributed by atoms with van der Waals surface area (Å²) in [4.78, 5) is 24.3. The third kappa shape index (κ3) is 7.13. The minimum atomic E-state index is -0.347. The van der Waals surface area contributed by atoms with Crippen molar-refractivity contribution in [1.82, 2.24) is 4.90 Å². The number of hydrogen-bond donors (Lipinski definition) is 0. The van der Waals surface area contributed by atoms with E-state index in [0.717, 1.165) is 37.8 Å². The number of nitrogens with zero attached hydrogens (tertiary/aromatic N) is 1. The van der Waals surface area contributed by atoms with Crippen molar-refractivity contribution in [3.63, 3.8) is 0 Å². The average Bonchev–Trinajstić information content (AvgIpc) is 2.55. The first kappa shape index (κ1) is 20.2. The molecule has 0 aliphatic heterocycles. The maximum atomic E-state index is 11.3. The molecule has 0 aliphatic carbocycles. The van der Waals surface area contributed by atoms with Crippen molar-refractivity contribution in [2.24, 2.45) is 0 Å². The standard InChI is InChI=1S/C19H29NO4/c1-19(2,3)20(13-14-21)12-6-5-7-15-24-17-10-8-16(9-11-17)18(22)23-4/h8-11,14H,5-7,12-13,15H2,1-4H3. The van der Waals surface area contributed by atoms with E-state index in [2.05, 4.69) is 30.4 Å². The monoisotopic (exact) mass is 335 g/mol. The molecule has 5 nitrogen and oxygen atoms in total. The summed E-state index contributed by atoms with van der Waals surface area (Å²) < 4.78 is 10.3. The molecule has 134 valence electrons. The van der Waals surface area contributed by atoms with Crippen molar-refractivity contribution in [3.05, 3.63) is 29.8 Å². The zero-order valence-electron chi connectivity index (χ0n) is 15.2. The van der Waals surface area contributed by atoms with Gasteiger partial charge < -0.3 is 14.3 Å². The molecular weight excluding hydrogens is 306 g/mol. The van der Waals surface area contributed by atoms with Gasteiger partial charge in [0, 0.05) is 5.54 Å². The Labute approximate surface area is 144 Å². The predicted molar refractivity (Wildman–Crippen MR) is 94.5 cm³/mol. The van der Waals surface area contributed by atoms with Crippen molar-refractivity contribution in [3.8, 4) is 5.75 Å². The zero-order chi connectivity index (χ0) is 18.0. The summed E-state index contributed by atoms with van der Waals surface area (Å²) in [5.74, 6) is 0.403. The lowest BCUT2D eigenvalue weighted by Crippen LogP contribution is -2.43. The van der Waals surface area contributed by atoms with E-state index in [-0.39, 0.29) is 11.5 Å². The molecule has 5 heteroatoms. The average molecular weight is 335 g/mol. The normalized spacial score (nSPS) is 11.4. The number of unbranched alkanes of at least 4 members (excludes halogenated alkanes) is 2. The SMILES string of the molecule is COC(=O)c1ccc(OCCCCCN(CC=O)C(C)(C)C)cc1. The van der Waals surface area contributed by atoms with Crippen molar-refractivity contribution < 1.29 is 19.1 Å². The molecule has 1 aromatic rings. The fraction of sp³-hybridized carbons (Fsp3) is 0.579. The Morgan fingerprint density at radius 3 is 2.33 bits per heavy atom. The number of carbonyl (C=O) groups is 2. The first-order valence-corrected chi connectivity index (χ1v) is 8.38. The summed E-state index contributed by atoms with van der Waals surface area (Å²) in [6, 6.07) is 6.94. The van der Waals surface area contributed by atoms with Crippen LogP contribution in [0.25, 0.3) is 0 Å². The topological polar surface area (TPSA) is 55.8 Å². The Hall–Kier alpha value is -1.88. The second-order valence-corrected chi connectivity index (χ2v) is 6.71. The molecule has 0 saturated heterocycles. The summed E-state index contributed by atoms with van der Waals surface area (Å²) >= 11 is 0. The van der Waals surface area contributed by atoms with Crippen LogP contribution in [0.1, 0.15) is 50.4 Å². The molecule has 0 unspecified atom stereocenters. The number of esters is 1. The molecule has 24 heavy (non-hydrogen) atoms. The van der Waals surface area contributed by atoms with Crippen LogP contribution in [0, 0.1) is 0 Å². The number of carbonyl (C=O) groups excluding carboxylic acids is 2. The van der Waals surface area contributed by atoms with E-state index in [1.165, 1.54) is 7.11 Å². The Morgan fingerprint density at radius 1 is 1.12 bits per heavy atom. The molecule has 0 spiro atoms. The fourth-order valence-electron chi connectivity index (χ4n) is 2.37. The maximum absolute atomic E-state index is 11.3. The van der Waals surface area contributed by atoms with Crippen LogP contribution in [0.2, 0.25) is 0 Å². The molecule has 1 rings (SSSR count). The van der Waals surface area contributed by atoms with Gasteiger partial charge in [-0.2, -0.15) is 0 Å². The first-order valence-electron chi connectivity index (χ1n) is 8.38. The lowest BCUT2D eigenvalue weighted by atomic mass is 10.1. The van der Waals surface area contributed by atoms with Gasteiger partial charge >= 0.3 is 5.97 Å². The Balaban J connectivity index is 2.24. The third-order valence-electron chi connectivity index (χ3n) is 3.86. The summed E-state index contributed by atoms with van der Waals surface area (Å²) in [5.41, 5.74) is 0.529. The number of rotatable bonds is 10. The molecule has 0 amide bonds. The van der Waals surface area contributed by atoms with Crippen LogP contribution in [0.4, 0.5) is 0 Å². The first-order chi connectivity index (χ1) is 11.4. The van der Waals surface area contributed by atoms with Crippen molar-refractivity contribution in [2.75, 3.05) is 26.8 Å². The summed E-state index contributed by atoms with van der Waals surface area (Å²) in [6.07, 6.45) is 4.01. The van der Waals surface area contributed by atoms with E-state index in [4.69, 9.17) is 4.74 Å². The number of methoxy groups -OCH3 is 1. The molecule has 0 atom stereocenters. The van der Waals surface area contributed by atoms with Crippen LogP contribution < -0.4 is 4.74 Å². The van der Waals surface area contributed by atoms with Gasteiger partial charge in [-0.1, -0.05) is 0 Å². The van der Waals surface area contributed by atoms with E-state index in [1.54, 1.807) is 24.3 Å². The molecule has 0 radical (unpaired) electrons. The highest BCUT2D eigenvalue weighted by molar-refractivity contribution is 5.89. The van der Waals surface area contributed by atoms with Crippen LogP contribution >= 0.6 is 0 Å². The summed E-state index contributed by atoms with van der Waals surface area (Å²) in [6.45, 7) is 8.40. The number of ether oxygens (including phenoxy) is 2. The van der Waals surface area contributed by atoms with Gasteiger partial charge in [-0.05, 0) is 70.8 Å². The smallest absolute Gasteiger partial charge is 0.337 e. The lowest BCUT2D eigenvalue weighted by molar-refractivity contribution is -0.110. The van der Waals surface area contributed by atoms with E-state index in [1.807, 2.05) is 0 Å². The van der Waals surface area contributed by atoms with Crippen LogP contribution in [0.15, 0.2) is 24.3 Å². The third-order valence-corrected chi connectivity index (χ3v) is 3.86. The van der Waals surface area contributed by atoms with Gasteiger partial charge in [0.1, 0.15) is 12.0 Å². The van der Waals surface area contributed by atoms with Crippen LogP contribution in [-0.4, -0.2) is 49.5 Å². The second kappa shape index (κ2) is 10.1. The van der Waals surface area contributed by atoms with Gasteiger partial charge in [0.05, 0.1) is 25.8 Å². The molecule has 0 N–H and O–H groups in total. The number of aldehydes is 1. The molecule has 0 bridgehead atoms. The minimum Gasteiger partial charge on any atom is -0.494 e. The van der Waals surface area contributed by atoms with E-state index in [9.17, 15) is 9.59 Å². The molecule has 0 aromatic heterocycles. The number of benzene rings is 1. The molecule has 0 saturated carbocycles. The highest BCUT2D eigenvalue weighted by Crippen LogP contribution is 2.15. The van der Waals surface area contributed by atoms with Gasteiger partial charge in [0.2, 0.25) is 0 Å². The van der Waals surface area contributed by atoms with Crippen molar-refractivity contribution in [1.29, 1.82) is 0 Å². The van der Waals surface area contributed by atoms with E-state index < -0.39 is 0 Å². The quantitative estimate of drug-likeness (QED) is 0.373. The summed E-state index contributed by atoms with van der Waals surface area (Å²) in [5, 5.41) is 0. The molecule has 0 heterocycles. The van der Waals surface area contributed by atoms with E-state index >= 15 is 0 Å². The highest BCUT2D eigenvalue weighted by atomic mass is 16.5. The second-order valence-electron chi connectivity index (χ2n) is 6.71. The predicted octanol–water partition coefficient (Wildman–Crippen LogP) is 3.32. The molecule has 1 aromatic carbocycles. The zero-order valence-corrected chi connectivity index (χ0v) is 15.2. The van der Waals surface area contributed by atoms with Gasteiger partial charge in [-0.15, -0.1) is 0 Å². The largest absolute Gasteiger partial charge is 0.494 e. The lowest BCUT2D eigenvalue weighted by Gasteiger charge is -2.34.